The van der Waals surface area contributed by atoms with Gasteiger partial charge in [0.2, 0.25) is 0 Å². The Morgan fingerprint density at radius 1 is 0.313 bits per heavy atom. The van der Waals surface area contributed by atoms with Crippen LogP contribution in [0.1, 0.15) is 265 Å². The average molecular weight is 933 g/mol. The lowest BCUT2D eigenvalue weighted by Crippen LogP contribution is -2.30. The van der Waals surface area contributed by atoms with E-state index in [1.807, 2.05) is 30.4 Å². The Bertz CT molecular complexity index is 1300. The third-order valence-corrected chi connectivity index (χ3v) is 12.0. The minimum atomic E-state index is -0.800. The molecule has 0 spiro atoms. The molecule has 67 heavy (non-hydrogen) atoms. The SMILES string of the molecule is CC/C=C/C=C/C=C/C=C/CCCCCC(=O)OCC(COC(=O)CCCCCCC/C=C/C=C/C=C/CCCCCCC)OC(=O)CCCCCCCCCCCCCCCCCCCC. The summed E-state index contributed by atoms with van der Waals surface area (Å²) in [4.78, 5) is 38.1. The minimum absolute atomic E-state index is 0.0986. The van der Waals surface area contributed by atoms with Crippen molar-refractivity contribution < 1.29 is 28.6 Å². The van der Waals surface area contributed by atoms with E-state index in [0.29, 0.717) is 19.3 Å². The lowest BCUT2D eigenvalue weighted by molar-refractivity contribution is -0.167. The second kappa shape index (κ2) is 55.2. The first-order valence-electron chi connectivity index (χ1n) is 28.2. The summed E-state index contributed by atoms with van der Waals surface area (Å²) < 4.78 is 16.8. The van der Waals surface area contributed by atoms with E-state index in [1.54, 1.807) is 0 Å². The molecule has 0 aliphatic rings. The molecule has 1 atom stereocenters. The number of ether oxygens (including phenoxy) is 3. The maximum Gasteiger partial charge on any atom is 0.306 e. The highest BCUT2D eigenvalue weighted by Crippen LogP contribution is 2.16. The molecule has 0 amide bonds. The molecule has 0 fully saturated rings. The van der Waals surface area contributed by atoms with Gasteiger partial charge in [0.25, 0.3) is 0 Å². The zero-order valence-electron chi connectivity index (χ0n) is 43.9. The third kappa shape index (κ3) is 53.4. The van der Waals surface area contributed by atoms with Crippen molar-refractivity contribution in [3.63, 3.8) is 0 Å². The monoisotopic (exact) mass is 933 g/mol. The van der Waals surface area contributed by atoms with Crippen LogP contribution in [-0.2, 0) is 28.6 Å². The summed E-state index contributed by atoms with van der Waals surface area (Å²) in [6.07, 6.45) is 71.4. The number of unbranched alkanes of at least 4 members (excludes halogenated alkanes) is 30. The molecule has 384 valence electrons. The molecule has 0 bridgehead atoms. The van der Waals surface area contributed by atoms with Crippen LogP contribution in [0.3, 0.4) is 0 Å². The number of carbonyl (C=O) groups excluding carboxylic acids is 3. The molecule has 0 aromatic carbocycles. The number of allylic oxidation sites excluding steroid dienone is 14. The van der Waals surface area contributed by atoms with Crippen LogP contribution in [-0.4, -0.2) is 37.2 Å². The van der Waals surface area contributed by atoms with Crippen LogP contribution < -0.4 is 0 Å². The van der Waals surface area contributed by atoms with Gasteiger partial charge in [-0.05, 0) is 64.2 Å². The second-order valence-electron chi connectivity index (χ2n) is 18.6. The highest BCUT2D eigenvalue weighted by atomic mass is 16.6. The summed E-state index contributed by atoms with van der Waals surface area (Å²) in [5, 5.41) is 0. The first-order valence-corrected chi connectivity index (χ1v) is 28.2. The van der Waals surface area contributed by atoms with E-state index in [9.17, 15) is 14.4 Å². The Morgan fingerprint density at radius 2 is 0.582 bits per heavy atom. The van der Waals surface area contributed by atoms with Gasteiger partial charge in [0, 0.05) is 19.3 Å². The first-order chi connectivity index (χ1) is 33.0. The van der Waals surface area contributed by atoms with Crippen molar-refractivity contribution in [3.05, 3.63) is 85.1 Å². The lowest BCUT2D eigenvalue weighted by atomic mass is 10.0. The molecule has 0 aromatic heterocycles. The molecule has 0 aromatic rings. The van der Waals surface area contributed by atoms with Crippen molar-refractivity contribution in [1.29, 1.82) is 0 Å². The predicted molar refractivity (Wildman–Crippen MR) is 288 cm³/mol. The maximum absolute atomic E-state index is 12.8. The van der Waals surface area contributed by atoms with Gasteiger partial charge in [-0.2, -0.15) is 0 Å². The van der Waals surface area contributed by atoms with E-state index in [-0.39, 0.29) is 31.1 Å². The molecule has 0 radical (unpaired) electrons. The topological polar surface area (TPSA) is 78.9 Å². The zero-order valence-corrected chi connectivity index (χ0v) is 43.9. The highest BCUT2D eigenvalue weighted by molar-refractivity contribution is 5.71. The molecule has 6 nitrogen and oxygen atoms in total. The summed E-state index contributed by atoms with van der Waals surface area (Å²) in [7, 11) is 0. The van der Waals surface area contributed by atoms with Crippen molar-refractivity contribution >= 4 is 17.9 Å². The van der Waals surface area contributed by atoms with E-state index in [1.165, 1.54) is 128 Å². The molecule has 0 N–H and O–H groups in total. The van der Waals surface area contributed by atoms with Crippen molar-refractivity contribution in [1.82, 2.24) is 0 Å². The number of carbonyl (C=O) groups is 3. The van der Waals surface area contributed by atoms with E-state index in [4.69, 9.17) is 14.2 Å². The maximum atomic E-state index is 12.8. The Morgan fingerprint density at radius 3 is 0.925 bits per heavy atom. The summed E-state index contributed by atoms with van der Waals surface area (Å²) in [5.74, 6) is -0.950. The third-order valence-electron chi connectivity index (χ3n) is 12.0. The normalized spacial score (nSPS) is 12.7. The Kier molecular flexibility index (Phi) is 52.4. The van der Waals surface area contributed by atoms with Crippen LogP contribution in [0.5, 0.6) is 0 Å². The largest absolute Gasteiger partial charge is 0.462 e. The molecule has 0 aliphatic heterocycles. The van der Waals surface area contributed by atoms with Crippen LogP contribution in [0.2, 0.25) is 0 Å². The smallest absolute Gasteiger partial charge is 0.306 e. The van der Waals surface area contributed by atoms with Crippen molar-refractivity contribution in [3.8, 4) is 0 Å². The van der Waals surface area contributed by atoms with Gasteiger partial charge in [0.05, 0.1) is 0 Å². The molecule has 0 rings (SSSR count). The summed E-state index contributed by atoms with van der Waals surface area (Å²) in [6.45, 7) is 6.45. The predicted octanol–water partition coefficient (Wildman–Crippen LogP) is 18.8. The molecule has 6 heteroatoms. The number of hydrogen-bond donors (Lipinski definition) is 0. The Hall–Kier alpha value is -3.41. The molecule has 0 aliphatic carbocycles. The summed E-state index contributed by atoms with van der Waals surface area (Å²) in [5.41, 5.74) is 0. The van der Waals surface area contributed by atoms with Gasteiger partial charge >= 0.3 is 17.9 Å². The zero-order chi connectivity index (χ0) is 48.6. The van der Waals surface area contributed by atoms with E-state index >= 15 is 0 Å². The Balaban J connectivity index is 4.44. The fraction of sp³-hybridized carbons (Fsp3) is 0.721. The van der Waals surface area contributed by atoms with Crippen LogP contribution >= 0.6 is 0 Å². The van der Waals surface area contributed by atoms with Crippen LogP contribution in [0.4, 0.5) is 0 Å². The number of rotatable bonds is 50. The van der Waals surface area contributed by atoms with Crippen LogP contribution in [0.15, 0.2) is 85.1 Å². The van der Waals surface area contributed by atoms with Gasteiger partial charge in [-0.15, -0.1) is 0 Å². The van der Waals surface area contributed by atoms with Crippen molar-refractivity contribution in [2.75, 3.05) is 13.2 Å². The second-order valence-corrected chi connectivity index (χ2v) is 18.6. The van der Waals surface area contributed by atoms with Gasteiger partial charge in [-0.1, -0.05) is 266 Å². The van der Waals surface area contributed by atoms with Gasteiger partial charge in [-0.25, -0.2) is 0 Å². The lowest BCUT2D eigenvalue weighted by Gasteiger charge is -2.18. The molecule has 0 saturated heterocycles. The van der Waals surface area contributed by atoms with E-state index < -0.39 is 6.10 Å². The standard InChI is InChI=1S/C61H104O6/c1-4-7-10-13-16-19-22-25-27-29-31-33-36-39-42-45-48-51-54-60(63)66-57-58(56-65-59(62)53-50-47-44-41-38-35-24-21-18-15-12-9-6-3)67-61(64)55-52-49-46-43-40-37-34-32-30-28-26-23-20-17-14-11-8-5-2/h9,12,15,18,21-22,24-25,27,29,31,33,35,38,58H,4-8,10-11,13-14,16-17,19-20,23,26,28,30,32,34,36-37,39-57H2,1-3H3/b12-9+,18-15+,24-21+,25-22+,29-27+,33-31+,38-35+. The molecule has 0 saturated carbocycles. The Labute approximate surface area is 414 Å². The van der Waals surface area contributed by atoms with Crippen molar-refractivity contribution in [2.24, 2.45) is 0 Å². The fourth-order valence-electron chi connectivity index (χ4n) is 7.81. The van der Waals surface area contributed by atoms with Crippen LogP contribution in [0, 0.1) is 0 Å². The van der Waals surface area contributed by atoms with Crippen LogP contribution in [0.25, 0.3) is 0 Å². The van der Waals surface area contributed by atoms with Gasteiger partial charge in [0.15, 0.2) is 6.10 Å². The molecular weight excluding hydrogens is 829 g/mol. The molecular formula is C61H104O6. The highest BCUT2D eigenvalue weighted by Gasteiger charge is 2.19. The average Bonchev–Trinajstić information content (AvgIpc) is 3.33. The first kappa shape index (κ1) is 63.6. The van der Waals surface area contributed by atoms with E-state index in [0.717, 1.165) is 96.3 Å². The van der Waals surface area contributed by atoms with Gasteiger partial charge < -0.3 is 14.2 Å². The quantitative estimate of drug-likeness (QED) is 0.0262. The molecule has 0 heterocycles. The van der Waals surface area contributed by atoms with E-state index in [2.05, 4.69) is 75.5 Å². The molecule has 1 unspecified atom stereocenters. The summed E-state index contributed by atoms with van der Waals surface area (Å²) in [6, 6.07) is 0. The van der Waals surface area contributed by atoms with Gasteiger partial charge in [0.1, 0.15) is 13.2 Å². The summed E-state index contributed by atoms with van der Waals surface area (Å²) >= 11 is 0. The van der Waals surface area contributed by atoms with Crippen molar-refractivity contribution in [2.45, 2.75) is 271 Å². The number of hydrogen-bond acceptors (Lipinski definition) is 6. The number of esters is 3. The van der Waals surface area contributed by atoms with Gasteiger partial charge in [-0.3, -0.25) is 14.4 Å². The fourth-order valence-corrected chi connectivity index (χ4v) is 7.81. The minimum Gasteiger partial charge on any atom is -0.462 e.